The second-order valence-electron chi connectivity index (χ2n) is 13.0. The molecule has 0 aliphatic carbocycles. The van der Waals surface area contributed by atoms with Crippen LogP contribution in [-0.2, 0) is 26.2 Å². The van der Waals surface area contributed by atoms with Gasteiger partial charge in [-0.15, -0.1) is 0 Å². The third-order valence-electron chi connectivity index (χ3n) is 8.76. The van der Waals surface area contributed by atoms with Gasteiger partial charge in [-0.2, -0.15) is 0 Å². The summed E-state index contributed by atoms with van der Waals surface area (Å²) < 4.78 is 0. The minimum atomic E-state index is -0.245. The van der Waals surface area contributed by atoms with Crippen molar-refractivity contribution in [3.8, 4) is 47.4 Å². The summed E-state index contributed by atoms with van der Waals surface area (Å²) in [6.45, 7) is 1.58. The number of nitrogens with one attached hydrogen (secondary N) is 4. The van der Waals surface area contributed by atoms with Crippen molar-refractivity contribution in [2.45, 2.75) is 26.2 Å². The van der Waals surface area contributed by atoms with E-state index in [-0.39, 0.29) is 12.1 Å². The molecular formula is C50H36N4O2. The highest BCUT2D eigenvalue weighted by atomic mass is 16.2. The molecule has 4 amide bonds. The topological polar surface area (TPSA) is 82.3 Å². The van der Waals surface area contributed by atoms with Gasteiger partial charge in [0, 0.05) is 70.7 Å². The Hall–Kier alpha value is -7.90. The van der Waals surface area contributed by atoms with E-state index in [1.165, 1.54) is 0 Å². The predicted molar refractivity (Wildman–Crippen MR) is 221 cm³/mol. The number of benzene rings is 6. The molecule has 13 rings (SSSR count). The van der Waals surface area contributed by atoms with E-state index in [9.17, 15) is 9.59 Å². The number of hydrogen-bond donors (Lipinski definition) is 4. The number of carbonyl (C=O) groups is 2. The second kappa shape index (κ2) is 18.2. The summed E-state index contributed by atoms with van der Waals surface area (Å²) >= 11 is 0. The highest BCUT2D eigenvalue weighted by Gasteiger charge is 2.04. The molecule has 0 radical (unpaired) electrons. The molecule has 0 spiro atoms. The Balaban J connectivity index is 1.05. The van der Waals surface area contributed by atoms with E-state index in [0.29, 0.717) is 26.2 Å². The van der Waals surface area contributed by atoms with Gasteiger partial charge in [0.05, 0.1) is 0 Å². The van der Waals surface area contributed by atoms with Crippen LogP contribution in [0.15, 0.2) is 146 Å². The van der Waals surface area contributed by atoms with E-state index in [1.54, 1.807) is 0 Å². The van der Waals surface area contributed by atoms with Gasteiger partial charge in [0.15, 0.2) is 0 Å². The maximum Gasteiger partial charge on any atom is 0.315 e. The van der Waals surface area contributed by atoms with E-state index < -0.39 is 0 Å². The highest BCUT2D eigenvalue weighted by molar-refractivity contribution is 5.74. The first-order chi connectivity index (χ1) is 27.5. The van der Waals surface area contributed by atoms with Gasteiger partial charge in [0.2, 0.25) is 0 Å². The van der Waals surface area contributed by atoms with Crippen LogP contribution in [0.4, 0.5) is 9.59 Å². The summed E-state index contributed by atoms with van der Waals surface area (Å²) in [5.74, 6) is 25.8. The first-order valence-electron chi connectivity index (χ1n) is 18.2. The Morgan fingerprint density at radius 1 is 0.286 bits per heavy atom. The minimum Gasteiger partial charge on any atom is -0.334 e. The lowest BCUT2D eigenvalue weighted by Crippen LogP contribution is -2.34. The van der Waals surface area contributed by atoms with Crippen molar-refractivity contribution in [2.24, 2.45) is 0 Å². The molecule has 268 valence electrons. The molecule has 0 unspecified atom stereocenters. The Morgan fingerprint density at radius 3 is 0.732 bits per heavy atom. The van der Waals surface area contributed by atoms with Crippen LogP contribution in [0.1, 0.15) is 66.8 Å². The Labute approximate surface area is 327 Å². The Kier molecular flexibility index (Phi) is 11.9. The predicted octanol–water partition coefficient (Wildman–Crippen LogP) is 7.60. The largest absolute Gasteiger partial charge is 0.334 e. The third-order valence-corrected chi connectivity index (χ3v) is 8.76. The molecule has 4 N–H and O–H groups in total. The van der Waals surface area contributed by atoms with Crippen LogP contribution in [-0.4, -0.2) is 12.1 Å². The normalized spacial score (nSPS) is 12.6. The lowest BCUT2D eigenvalue weighted by molar-refractivity contribution is 0.239. The fourth-order valence-electron chi connectivity index (χ4n) is 5.60. The molecule has 7 heterocycles. The molecule has 0 fully saturated rings. The van der Waals surface area contributed by atoms with Gasteiger partial charge < -0.3 is 21.3 Å². The minimum absolute atomic E-state index is 0.245. The summed E-state index contributed by atoms with van der Waals surface area (Å²) in [4.78, 5) is 25.1. The molecule has 0 saturated carbocycles. The fourth-order valence-corrected chi connectivity index (χ4v) is 5.60. The number of rotatable bonds is 0. The van der Waals surface area contributed by atoms with Crippen LogP contribution >= 0.6 is 0 Å². The van der Waals surface area contributed by atoms with Crippen molar-refractivity contribution in [1.29, 1.82) is 0 Å². The third kappa shape index (κ3) is 11.1. The average molecular weight is 725 g/mol. The van der Waals surface area contributed by atoms with E-state index in [2.05, 4.69) is 68.6 Å². The number of urea groups is 2. The fraction of sp³-hybridized carbons (Fsp3) is 0.0800. The molecule has 7 aliphatic heterocycles. The van der Waals surface area contributed by atoms with E-state index in [0.717, 1.165) is 66.8 Å². The summed E-state index contributed by atoms with van der Waals surface area (Å²) in [5.41, 5.74) is 10.8. The van der Waals surface area contributed by atoms with Crippen LogP contribution in [0, 0.1) is 47.4 Å². The first-order valence-corrected chi connectivity index (χ1v) is 18.2. The smallest absolute Gasteiger partial charge is 0.315 e. The van der Waals surface area contributed by atoms with Gasteiger partial charge in [0.25, 0.3) is 0 Å². The molecule has 7 aliphatic rings. The molecule has 56 heavy (non-hydrogen) atoms. The molecular weight excluding hydrogens is 689 g/mol. The lowest BCUT2D eigenvalue weighted by Gasteiger charge is -2.08. The molecule has 6 aromatic carbocycles. The number of carbonyl (C=O) groups excluding carboxylic acids is 2. The zero-order valence-corrected chi connectivity index (χ0v) is 30.5. The monoisotopic (exact) mass is 724 g/mol. The van der Waals surface area contributed by atoms with E-state index >= 15 is 0 Å². The van der Waals surface area contributed by atoms with Gasteiger partial charge in [-0.05, 0) is 107 Å². The van der Waals surface area contributed by atoms with Crippen molar-refractivity contribution in [3.05, 3.63) is 212 Å². The summed E-state index contributed by atoms with van der Waals surface area (Å²) in [6, 6.07) is 46.4. The zero-order valence-electron chi connectivity index (χ0n) is 30.5. The first kappa shape index (κ1) is 36.5. The summed E-state index contributed by atoms with van der Waals surface area (Å²) in [5, 5.41) is 11.7. The molecule has 12 bridgehead atoms. The van der Waals surface area contributed by atoms with Crippen LogP contribution < -0.4 is 21.3 Å². The van der Waals surface area contributed by atoms with Crippen LogP contribution in [0.25, 0.3) is 0 Å². The van der Waals surface area contributed by atoms with Crippen LogP contribution in [0.3, 0.4) is 0 Å². The lowest BCUT2D eigenvalue weighted by atomic mass is 10.1. The Morgan fingerprint density at radius 2 is 0.500 bits per heavy atom. The van der Waals surface area contributed by atoms with Crippen molar-refractivity contribution in [3.63, 3.8) is 0 Å². The molecule has 6 heteroatoms. The second-order valence-corrected chi connectivity index (χ2v) is 13.0. The van der Waals surface area contributed by atoms with Gasteiger partial charge in [-0.25, -0.2) is 9.59 Å². The Bertz CT molecular complexity index is 2260. The van der Waals surface area contributed by atoms with Crippen molar-refractivity contribution in [1.82, 2.24) is 21.3 Å². The van der Waals surface area contributed by atoms with Crippen LogP contribution in [0.5, 0.6) is 0 Å². The molecule has 0 atom stereocenters. The van der Waals surface area contributed by atoms with Crippen LogP contribution in [0.2, 0.25) is 0 Å². The quantitative estimate of drug-likeness (QED) is 0.122. The van der Waals surface area contributed by atoms with Gasteiger partial charge >= 0.3 is 12.1 Å². The van der Waals surface area contributed by atoms with E-state index in [4.69, 9.17) is 0 Å². The molecule has 6 aromatic rings. The van der Waals surface area contributed by atoms with Crippen molar-refractivity contribution >= 4 is 12.1 Å². The molecule has 0 saturated heterocycles. The standard InChI is InChI=1S/C50H36N4O2/c55-49-51-33-45-23-11-37(12-24-45)7-19-41-3-1-4-42(31-41)20-8-38-13-25-46(26-14-38)34-52-50(56)54-36-48-29-17-40(18-30-48)10-22-44-6-2-5-43(32-44)21-9-39-15-27-47(28-16-39)35-53-49/h1-6,11-18,23-32H,33-36H2,(H2,51,53,55)(H2,52,54,56). The maximum atomic E-state index is 12.5. The molecule has 6 nitrogen and oxygen atoms in total. The highest BCUT2D eigenvalue weighted by Crippen LogP contribution is 2.10. The average Bonchev–Trinajstić information content (AvgIpc) is 3.24. The SMILES string of the molecule is O=C1NCc2ccc(cc2)C#Cc2cccc(c2)C#Cc2ccc(cc2)CNC(=O)NCc2ccc(cc2)C#Cc2cccc(c2)C#Cc2ccc(cc2)CN1. The number of hydrogen-bond acceptors (Lipinski definition) is 2. The van der Waals surface area contributed by atoms with Gasteiger partial charge in [-0.1, -0.05) is 108 Å². The van der Waals surface area contributed by atoms with Gasteiger partial charge in [-0.3, -0.25) is 0 Å². The zero-order chi connectivity index (χ0) is 38.4. The molecule has 0 aromatic heterocycles. The number of amides is 4. The van der Waals surface area contributed by atoms with Gasteiger partial charge in [0.1, 0.15) is 0 Å². The van der Waals surface area contributed by atoms with E-state index in [1.807, 2.05) is 146 Å². The summed E-state index contributed by atoms with van der Waals surface area (Å²) in [6.07, 6.45) is 0. The van der Waals surface area contributed by atoms with Crippen molar-refractivity contribution in [2.75, 3.05) is 0 Å². The maximum absolute atomic E-state index is 12.5. The van der Waals surface area contributed by atoms with Crippen molar-refractivity contribution < 1.29 is 9.59 Å². The summed E-state index contributed by atoms with van der Waals surface area (Å²) in [7, 11) is 0.